The summed E-state index contributed by atoms with van der Waals surface area (Å²) in [6.07, 6.45) is 4.91. The quantitative estimate of drug-likeness (QED) is 0.566. The number of benzene rings is 1. The first-order valence-corrected chi connectivity index (χ1v) is 8.94. The Balaban J connectivity index is 1.93. The topological polar surface area (TPSA) is 76.6 Å². The fourth-order valence-electron chi connectivity index (χ4n) is 2.07. The molecule has 0 amide bonds. The van der Waals surface area contributed by atoms with Gasteiger partial charge in [0.15, 0.2) is 0 Å². The van der Waals surface area contributed by atoms with Gasteiger partial charge in [0.25, 0.3) is 0 Å². The van der Waals surface area contributed by atoms with Crippen LogP contribution in [0.4, 0.5) is 0 Å². The number of rotatable bonds is 7. The van der Waals surface area contributed by atoms with Crippen molar-refractivity contribution in [2.24, 2.45) is 0 Å². The summed E-state index contributed by atoms with van der Waals surface area (Å²) >= 11 is 0. The lowest BCUT2D eigenvalue weighted by molar-refractivity contribution is 0.0500. The van der Waals surface area contributed by atoms with E-state index in [1.54, 1.807) is 18.5 Å². The monoisotopic (exact) mass is 348 g/mol. The number of hydrogen-bond acceptors (Lipinski definition) is 5. The average Bonchev–Trinajstić information content (AvgIpc) is 2.59. The predicted molar refractivity (Wildman–Crippen MR) is 90.2 cm³/mol. The number of esters is 1. The molecule has 0 unspecified atom stereocenters. The Bertz CT molecular complexity index is 789. The van der Waals surface area contributed by atoms with Gasteiger partial charge in [-0.3, -0.25) is 4.98 Å². The zero-order valence-corrected chi connectivity index (χ0v) is 14.5. The Morgan fingerprint density at radius 2 is 1.88 bits per heavy atom. The van der Waals surface area contributed by atoms with Crippen LogP contribution >= 0.6 is 0 Å². The maximum Gasteiger partial charge on any atom is 0.338 e. The Labute approximate surface area is 142 Å². The normalized spacial score (nSPS) is 11.5. The fraction of sp³-hybridized carbons (Fsp3) is 0.294. The van der Waals surface area contributed by atoms with Crippen LogP contribution in [0.25, 0.3) is 0 Å². The number of sulfonamides is 1. The first-order chi connectivity index (χ1) is 11.4. The third-order valence-corrected chi connectivity index (χ3v) is 5.25. The van der Waals surface area contributed by atoms with E-state index in [0.29, 0.717) is 6.42 Å². The second-order valence-electron chi connectivity index (χ2n) is 5.41. The number of aromatic nitrogens is 1. The fourth-order valence-corrected chi connectivity index (χ4v) is 3.02. The highest BCUT2D eigenvalue weighted by molar-refractivity contribution is 7.89. The number of nitrogens with zero attached hydrogens (tertiary/aromatic N) is 2. The van der Waals surface area contributed by atoms with Crippen molar-refractivity contribution in [2.45, 2.75) is 17.7 Å². The predicted octanol–water partition coefficient (Wildman–Crippen LogP) is 2.12. The van der Waals surface area contributed by atoms with E-state index >= 15 is 0 Å². The molecule has 2 aromatic rings. The van der Waals surface area contributed by atoms with E-state index in [0.717, 1.165) is 16.3 Å². The molecule has 7 heteroatoms. The van der Waals surface area contributed by atoms with Crippen molar-refractivity contribution in [1.82, 2.24) is 9.29 Å². The van der Waals surface area contributed by atoms with Gasteiger partial charge in [0.1, 0.15) is 0 Å². The molecule has 0 aliphatic heterocycles. The molecule has 0 radical (unpaired) electrons. The van der Waals surface area contributed by atoms with E-state index in [1.165, 1.54) is 32.3 Å². The van der Waals surface area contributed by atoms with Gasteiger partial charge in [-0.1, -0.05) is 6.07 Å². The summed E-state index contributed by atoms with van der Waals surface area (Å²) in [5.74, 6) is -0.527. The second kappa shape index (κ2) is 8.03. The zero-order valence-electron chi connectivity index (χ0n) is 13.7. The number of aryl methyl sites for hydroxylation is 1. The lowest BCUT2D eigenvalue weighted by Crippen LogP contribution is -2.22. The third-order valence-electron chi connectivity index (χ3n) is 3.44. The van der Waals surface area contributed by atoms with Gasteiger partial charge in [-0.2, -0.15) is 0 Å². The molecule has 0 saturated carbocycles. The van der Waals surface area contributed by atoms with Crippen molar-refractivity contribution in [3.05, 3.63) is 59.9 Å². The van der Waals surface area contributed by atoms with Crippen LogP contribution in [-0.2, 0) is 21.2 Å². The minimum Gasteiger partial charge on any atom is -0.462 e. The first kappa shape index (κ1) is 18.1. The lowest BCUT2D eigenvalue weighted by Gasteiger charge is -2.12. The lowest BCUT2D eigenvalue weighted by atomic mass is 10.1. The number of hydrogen-bond donors (Lipinski definition) is 0. The van der Waals surface area contributed by atoms with Crippen molar-refractivity contribution in [3.63, 3.8) is 0 Å². The van der Waals surface area contributed by atoms with Crippen LogP contribution in [0.15, 0.2) is 53.7 Å². The van der Waals surface area contributed by atoms with Gasteiger partial charge in [0.05, 0.1) is 17.1 Å². The van der Waals surface area contributed by atoms with Crippen molar-refractivity contribution >= 4 is 16.0 Å². The molecule has 0 N–H and O–H groups in total. The Morgan fingerprint density at radius 1 is 1.17 bits per heavy atom. The van der Waals surface area contributed by atoms with Crippen LogP contribution in [0.3, 0.4) is 0 Å². The summed E-state index contributed by atoms with van der Waals surface area (Å²) in [5, 5.41) is 0. The van der Waals surface area contributed by atoms with Gasteiger partial charge in [0.2, 0.25) is 10.0 Å². The van der Waals surface area contributed by atoms with E-state index < -0.39 is 16.0 Å². The van der Waals surface area contributed by atoms with Gasteiger partial charge >= 0.3 is 5.97 Å². The van der Waals surface area contributed by atoms with E-state index in [4.69, 9.17) is 4.74 Å². The van der Waals surface area contributed by atoms with Crippen LogP contribution < -0.4 is 0 Å². The first-order valence-electron chi connectivity index (χ1n) is 7.50. The molecule has 0 aliphatic rings. The van der Waals surface area contributed by atoms with Crippen molar-refractivity contribution in [1.29, 1.82) is 0 Å². The summed E-state index contributed by atoms with van der Waals surface area (Å²) in [4.78, 5) is 16.1. The number of carbonyl (C=O) groups is 1. The molecule has 2 rings (SSSR count). The molecule has 6 nitrogen and oxygen atoms in total. The molecule has 0 fully saturated rings. The Morgan fingerprint density at radius 3 is 2.54 bits per heavy atom. The van der Waals surface area contributed by atoms with Crippen molar-refractivity contribution < 1.29 is 17.9 Å². The summed E-state index contributed by atoms with van der Waals surface area (Å²) in [7, 11) is -0.687. The molecule has 0 aliphatic carbocycles. The maximum atomic E-state index is 12.1. The van der Waals surface area contributed by atoms with E-state index in [9.17, 15) is 13.2 Å². The second-order valence-corrected chi connectivity index (χ2v) is 7.56. The summed E-state index contributed by atoms with van der Waals surface area (Å²) < 4.78 is 30.5. The maximum absolute atomic E-state index is 12.1. The third kappa shape index (κ3) is 4.62. The van der Waals surface area contributed by atoms with Gasteiger partial charge in [-0.25, -0.2) is 17.5 Å². The van der Waals surface area contributed by atoms with Crippen molar-refractivity contribution in [2.75, 3.05) is 20.7 Å². The van der Waals surface area contributed by atoms with Gasteiger partial charge < -0.3 is 4.74 Å². The van der Waals surface area contributed by atoms with E-state index in [-0.39, 0.29) is 17.1 Å². The highest BCUT2D eigenvalue weighted by Gasteiger charge is 2.19. The van der Waals surface area contributed by atoms with Crippen molar-refractivity contribution in [3.8, 4) is 0 Å². The molecule has 0 atom stereocenters. The summed E-state index contributed by atoms with van der Waals surface area (Å²) in [5.41, 5.74) is 1.35. The largest absolute Gasteiger partial charge is 0.462 e. The number of carbonyl (C=O) groups excluding carboxylic acids is 1. The molecule has 0 bridgehead atoms. The number of pyridine rings is 1. The zero-order chi connectivity index (χ0) is 17.6. The van der Waals surface area contributed by atoms with Gasteiger partial charge in [-0.05, 0) is 48.7 Å². The molecule has 24 heavy (non-hydrogen) atoms. The molecular formula is C17H20N2O4S. The average molecular weight is 348 g/mol. The SMILES string of the molecule is CN(C)S(=O)(=O)c1cccc(C(=O)OCCCc2ccncc2)c1. The Kier molecular flexibility index (Phi) is 6.05. The molecule has 1 aromatic carbocycles. The standard InChI is InChI=1S/C17H20N2O4S/c1-19(2)24(21,22)16-7-3-6-15(13-16)17(20)23-12-4-5-14-8-10-18-11-9-14/h3,6-11,13H,4-5,12H2,1-2H3. The molecular weight excluding hydrogens is 328 g/mol. The van der Waals surface area contributed by atoms with Crippen LogP contribution in [0.5, 0.6) is 0 Å². The molecule has 1 heterocycles. The van der Waals surface area contributed by atoms with Crippen LogP contribution in [0.2, 0.25) is 0 Å². The smallest absolute Gasteiger partial charge is 0.338 e. The molecule has 128 valence electrons. The number of ether oxygens (including phenoxy) is 1. The highest BCUT2D eigenvalue weighted by atomic mass is 32.2. The van der Waals surface area contributed by atoms with E-state index in [2.05, 4.69) is 4.98 Å². The minimum absolute atomic E-state index is 0.0683. The molecule has 1 aromatic heterocycles. The molecule has 0 spiro atoms. The minimum atomic E-state index is -3.57. The highest BCUT2D eigenvalue weighted by Crippen LogP contribution is 2.15. The van der Waals surface area contributed by atoms with E-state index in [1.807, 2.05) is 12.1 Å². The van der Waals surface area contributed by atoms with Crippen LogP contribution in [0, 0.1) is 0 Å². The van der Waals surface area contributed by atoms with Gasteiger partial charge in [-0.15, -0.1) is 0 Å². The van der Waals surface area contributed by atoms with Crippen LogP contribution in [-0.4, -0.2) is 44.4 Å². The summed E-state index contributed by atoms with van der Waals surface area (Å²) in [6, 6.07) is 9.69. The molecule has 0 saturated heterocycles. The van der Waals surface area contributed by atoms with Gasteiger partial charge in [0, 0.05) is 26.5 Å². The Hall–Kier alpha value is -2.25. The van der Waals surface area contributed by atoms with Crippen LogP contribution in [0.1, 0.15) is 22.3 Å². The summed E-state index contributed by atoms with van der Waals surface area (Å²) in [6.45, 7) is 0.270.